The molecule has 1 aromatic rings. The highest BCUT2D eigenvalue weighted by molar-refractivity contribution is 5.98. The number of rotatable bonds is 7. The SMILES string of the molecule is CCN(CC(=O)c1cccc([N+](=O)[O-])c1)CC(C)(C)O. The number of ketones is 1. The van der Waals surface area contributed by atoms with Gasteiger partial charge in [-0.3, -0.25) is 19.8 Å². The van der Waals surface area contributed by atoms with E-state index in [0.717, 1.165) is 0 Å². The van der Waals surface area contributed by atoms with Crippen LogP contribution >= 0.6 is 0 Å². The van der Waals surface area contributed by atoms with E-state index in [4.69, 9.17) is 0 Å². The molecule has 0 aliphatic heterocycles. The molecule has 6 nitrogen and oxygen atoms in total. The summed E-state index contributed by atoms with van der Waals surface area (Å²) in [6.07, 6.45) is 0. The molecule has 0 bridgehead atoms. The van der Waals surface area contributed by atoms with Crippen molar-refractivity contribution in [2.45, 2.75) is 26.4 Å². The van der Waals surface area contributed by atoms with Crippen LogP contribution in [0, 0.1) is 10.1 Å². The molecule has 0 amide bonds. The zero-order chi connectivity index (χ0) is 15.3. The zero-order valence-electron chi connectivity index (χ0n) is 12.0. The Bertz CT molecular complexity index is 494. The van der Waals surface area contributed by atoms with Crippen molar-refractivity contribution < 1.29 is 14.8 Å². The first kappa shape index (κ1) is 16.3. The van der Waals surface area contributed by atoms with E-state index >= 15 is 0 Å². The van der Waals surface area contributed by atoms with Gasteiger partial charge in [0.15, 0.2) is 5.78 Å². The van der Waals surface area contributed by atoms with Gasteiger partial charge in [-0.25, -0.2) is 0 Å². The third kappa shape index (κ3) is 5.07. The van der Waals surface area contributed by atoms with E-state index in [0.29, 0.717) is 18.7 Å². The molecular formula is C14H20N2O4. The number of aliphatic hydroxyl groups is 1. The number of non-ortho nitro benzene ring substituents is 1. The summed E-state index contributed by atoms with van der Waals surface area (Å²) in [4.78, 5) is 24.1. The topological polar surface area (TPSA) is 83.7 Å². The zero-order valence-corrected chi connectivity index (χ0v) is 12.0. The lowest BCUT2D eigenvalue weighted by molar-refractivity contribution is -0.384. The Morgan fingerprint density at radius 2 is 2.10 bits per heavy atom. The largest absolute Gasteiger partial charge is 0.389 e. The number of hydrogen-bond donors (Lipinski definition) is 1. The maximum Gasteiger partial charge on any atom is 0.270 e. The average Bonchev–Trinajstić information content (AvgIpc) is 2.36. The van der Waals surface area contributed by atoms with Gasteiger partial charge in [0.05, 0.1) is 17.1 Å². The van der Waals surface area contributed by atoms with E-state index in [-0.39, 0.29) is 18.0 Å². The summed E-state index contributed by atoms with van der Waals surface area (Å²) in [5, 5.41) is 20.5. The van der Waals surface area contributed by atoms with Gasteiger partial charge in [-0.05, 0) is 20.4 Å². The van der Waals surface area contributed by atoms with Crippen LogP contribution in [0.25, 0.3) is 0 Å². The third-order valence-corrected chi connectivity index (χ3v) is 2.80. The minimum atomic E-state index is -0.890. The Labute approximate surface area is 118 Å². The normalized spacial score (nSPS) is 11.7. The predicted molar refractivity (Wildman–Crippen MR) is 75.8 cm³/mol. The maximum atomic E-state index is 12.1. The summed E-state index contributed by atoms with van der Waals surface area (Å²) in [5.41, 5.74) is -0.673. The lowest BCUT2D eigenvalue weighted by Gasteiger charge is -2.27. The third-order valence-electron chi connectivity index (χ3n) is 2.80. The van der Waals surface area contributed by atoms with Crippen molar-refractivity contribution in [3.05, 3.63) is 39.9 Å². The van der Waals surface area contributed by atoms with Crippen molar-refractivity contribution in [1.29, 1.82) is 0 Å². The Balaban J connectivity index is 2.79. The van der Waals surface area contributed by atoms with Gasteiger partial charge in [0, 0.05) is 24.2 Å². The molecule has 110 valence electrons. The molecule has 0 aromatic heterocycles. The fraction of sp³-hybridized carbons (Fsp3) is 0.500. The van der Waals surface area contributed by atoms with Crippen LogP contribution in [0.4, 0.5) is 5.69 Å². The van der Waals surface area contributed by atoms with Crippen LogP contribution in [0.3, 0.4) is 0 Å². The van der Waals surface area contributed by atoms with Crippen LogP contribution in [0.1, 0.15) is 31.1 Å². The van der Waals surface area contributed by atoms with E-state index in [9.17, 15) is 20.0 Å². The molecule has 0 spiro atoms. The Hall–Kier alpha value is -1.79. The number of benzene rings is 1. The Morgan fingerprint density at radius 1 is 1.45 bits per heavy atom. The van der Waals surface area contributed by atoms with Gasteiger partial charge in [-0.1, -0.05) is 19.1 Å². The Morgan fingerprint density at radius 3 is 2.60 bits per heavy atom. The number of nitro benzene ring substituents is 1. The molecule has 0 saturated heterocycles. The number of carbonyl (C=O) groups excluding carboxylic acids is 1. The molecule has 0 fully saturated rings. The lowest BCUT2D eigenvalue weighted by Crippen LogP contribution is -2.41. The van der Waals surface area contributed by atoms with E-state index in [1.807, 2.05) is 6.92 Å². The highest BCUT2D eigenvalue weighted by Crippen LogP contribution is 2.14. The number of carbonyl (C=O) groups is 1. The predicted octanol–water partition coefficient (Wildman–Crippen LogP) is 1.87. The van der Waals surface area contributed by atoms with Crippen LogP contribution in [0.5, 0.6) is 0 Å². The summed E-state index contributed by atoms with van der Waals surface area (Å²) >= 11 is 0. The first-order chi connectivity index (χ1) is 9.23. The number of hydrogen-bond acceptors (Lipinski definition) is 5. The number of Topliss-reactive ketones (excluding diaryl/α,β-unsaturated/α-hetero) is 1. The minimum absolute atomic E-state index is 0.0959. The van der Waals surface area contributed by atoms with Crippen LogP contribution < -0.4 is 0 Å². The van der Waals surface area contributed by atoms with Gasteiger partial charge >= 0.3 is 0 Å². The Kier molecular flexibility index (Phi) is 5.35. The second kappa shape index (κ2) is 6.58. The van der Waals surface area contributed by atoms with Crippen molar-refractivity contribution in [2.75, 3.05) is 19.6 Å². The average molecular weight is 280 g/mol. The van der Waals surface area contributed by atoms with Gasteiger partial charge in [-0.15, -0.1) is 0 Å². The summed E-state index contributed by atoms with van der Waals surface area (Å²) in [6.45, 7) is 6.35. The molecule has 1 rings (SSSR count). The van der Waals surface area contributed by atoms with Gasteiger partial charge in [0.1, 0.15) is 0 Å². The van der Waals surface area contributed by atoms with Crippen molar-refractivity contribution in [2.24, 2.45) is 0 Å². The summed E-state index contributed by atoms with van der Waals surface area (Å²) in [6, 6.07) is 5.69. The molecule has 0 unspecified atom stereocenters. The van der Waals surface area contributed by atoms with Gasteiger partial charge < -0.3 is 5.11 Å². The van der Waals surface area contributed by atoms with E-state index in [1.54, 1.807) is 24.8 Å². The van der Waals surface area contributed by atoms with Crippen molar-refractivity contribution in [3.63, 3.8) is 0 Å². The van der Waals surface area contributed by atoms with E-state index in [2.05, 4.69) is 0 Å². The van der Waals surface area contributed by atoms with Crippen molar-refractivity contribution >= 4 is 11.5 Å². The molecule has 0 heterocycles. The molecule has 1 aromatic carbocycles. The smallest absolute Gasteiger partial charge is 0.270 e. The second-order valence-corrected chi connectivity index (χ2v) is 5.35. The molecule has 0 atom stereocenters. The summed E-state index contributed by atoms with van der Waals surface area (Å²) in [5.74, 6) is -0.195. The first-order valence-corrected chi connectivity index (χ1v) is 6.45. The molecular weight excluding hydrogens is 260 g/mol. The van der Waals surface area contributed by atoms with E-state index in [1.165, 1.54) is 18.2 Å². The van der Waals surface area contributed by atoms with Gasteiger partial charge in [0.25, 0.3) is 5.69 Å². The quantitative estimate of drug-likeness (QED) is 0.468. The van der Waals surface area contributed by atoms with Crippen LogP contribution in [-0.2, 0) is 0 Å². The van der Waals surface area contributed by atoms with Crippen molar-refractivity contribution in [3.8, 4) is 0 Å². The molecule has 1 N–H and O–H groups in total. The first-order valence-electron chi connectivity index (χ1n) is 6.45. The highest BCUT2D eigenvalue weighted by atomic mass is 16.6. The fourth-order valence-electron chi connectivity index (χ4n) is 1.91. The maximum absolute atomic E-state index is 12.1. The minimum Gasteiger partial charge on any atom is -0.389 e. The van der Waals surface area contributed by atoms with Gasteiger partial charge in [-0.2, -0.15) is 0 Å². The molecule has 20 heavy (non-hydrogen) atoms. The molecule has 0 radical (unpaired) electrons. The lowest BCUT2D eigenvalue weighted by atomic mass is 10.1. The highest BCUT2D eigenvalue weighted by Gasteiger charge is 2.20. The van der Waals surface area contributed by atoms with Gasteiger partial charge in [0.2, 0.25) is 0 Å². The fourth-order valence-corrected chi connectivity index (χ4v) is 1.91. The number of likely N-dealkylation sites (N-methyl/N-ethyl adjacent to an activating group) is 1. The van der Waals surface area contributed by atoms with E-state index < -0.39 is 10.5 Å². The summed E-state index contributed by atoms with van der Waals surface area (Å²) in [7, 11) is 0. The van der Waals surface area contributed by atoms with Crippen LogP contribution in [0.15, 0.2) is 24.3 Å². The number of nitro groups is 1. The monoisotopic (exact) mass is 280 g/mol. The second-order valence-electron chi connectivity index (χ2n) is 5.35. The van der Waals surface area contributed by atoms with Crippen LogP contribution in [-0.4, -0.2) is 45.9 Å². The standard InChI is InChI=1S/C14H20N2O4/c1-4-15(10-14(2,3)18)9-13(17)11-6-5-7-12(8-11)16(19)20/h5-8,18H,4,9-10H2,1-3H3. The summed E-state index contributed by atoms with van der Waals surface area (Å²) < 4.78 is 0. The molecule has 0 saturated carbocycles. The molecule has 6 heteroatoms. The molecule has 0 aliphatic carbocycles. The van der Waals surface area contributed by atoms with Crippen molar-refractivity contribution in [1.82, 2.24) is 4.90 Å². The molecule has 0 aliphatic rings. The number of nitrogens with zero attached hydrogens (tertiary/aromatic N) is 2. The van der Waals surface area contributed by atoms with Crippen LogP contribution in [0.2, 0.25) is 0 Å².